The zero-order valence-corrected chi connectivity index (χ0v) is 14.0. The van der Waals surface area contributed by atoms with Crippen molar-refractivity contribution in [3.05, 3.63) is 63.4 Å². The Hall–Kier alpha value is -1.39. The van der Waals surface area contributed by atoms with E-state index in [2.05, 4.69) is 27.3 Å². The molecule has 0 heterocycles. The molecule has 0 radical (unpaired) electrons. The smallest absolute Gasteiger partial charge is 0.124 e. The topological polar surface area (TPSA) is 21.3 Å². The first-order valence-electron chi connectivity index (χ1n) is 6.92. The van der Waals surface area contributed by atoms with E-state index in [1.165, 1.54) is 6.07 Å². The molecule has 2 nitrogen and oxygen atoms in total. The molecule has 0 saturated heterocycles. The van der Waals surface area contributed by atoms with Crippen LogP contribution in [0.4, 0.5) is 4.39 Å². The SMILES string of the molecule is CCOc1ccc(C)cc1C(NC)c1cc(F)ccc1Br. The van der Waals surface area contributed by atoms with Gasteiger partial charge in [0.05, 0.1) is 12.6 Å². The van der Waals surface area contributed by atoms with E-state index >= 15 is 0 Å². The lowest BCUT2D eigenvalue weighted by Gasteiger charge is -2.22. The summed E-state index contributed by atoms with van der Waals surface area (Å²) in [6.07, 6.45) is 0. The summed E-state index contributed by atoms with van der Waals surface area (Å²) in [4.78, 5) is 0. The zero-order valence-electron chi connectivity index (χ0n) is 12.4. The number of rotatable bonds is 5. The van der Waals surface area contributed by atoms with E-state index in [9.17, 15) is 4.39 Å². The lowest BCUT2D eigenvalue weighted by Crippen LogP contribution is -2.19. The van der Waals surface area contributed by atoms with E-state index < -0.39 is 0 Å². The van der Waals surface area contributed by atoms with Crippen LogP contribution in [0.15, 0.2) is 40.9 Å². The molecule has 0 saturated carbocycles. The van der Waals surface area contributed by atoms with Gasteiger partial charge in [0.1, 0.15) is 11.6 Å². The fourth-order valence-corrected chi connectivity index (χ4v) is 2.87. The molecule has 0 spiro atoms. The molecular formula is C17H19BrFNO. The van der Waals surface area contributed by atoms with Gasteiger partial charge in [0.15, 0.2) is 0 Å². The minimum atomic E-state index is -0.251. The van der Waals surface area contributed by atoms with Gasteiger partial charge >= 0.3 is 0 Å². The largest absolute Gasteiger partial charge is 0.494 e. The van der Waals surface area contributed by atoms with Crippen molar-refractivity contribution in [2.45, 2.75) is 19.9 Å². The third-order valence-electron chi connectivity index (χ3n) is 3.33. The Kier molecular flexibility index (Phi) is 5.37. The number of hydrogen-bond donors (Lipinski definition) is 1. The fraction of sp³-hybridized carbons (Fsp3) is 0.294. The number of aryl methyl sites for hydroxylation is 1. The average Bonchev–Trinajstić information content (AvgIpc) is 2.46. The highest BCUT2D eigenvalue weighted by molar-refractivity contribution is 9.10. The van der Waals surface area contributed by atoms with Crippen LogP contribution in [0.25, 0.3) is 0 Å². The maximum atomic E-state index is 13.6. The number of hydrogen-bond acceptors (Lipinski definition) is 2. The van der Waals surface area contributed by atoms with Gasteiger partial charge in [0, 0.05) is 10.0 Å². The summed E-state index contributed by atoms with van der Waals surface area (Å²) in [7, 11) is 1.86. The highest BCUT2D eigenvalue weighted by Crippen LogP contribution is 2.34. The summed E-state index contributed by atoms with van der Waals surface area (Å²) in [5.74, 6) is 0.567. The van der Waals surface area contributed by atoms with E-state index in [0.29, 0.717) is 6.61 Å². The molecule has 4 heteroatoms. The normalized spacial score (nSPS) is 12.2. The van der Waals surface area contributed by atoms with E-state index in [1.54, 1.807) is 12.1 Å². The van der Waals surface area contributed by atoms with Gasteiger partial charge in [0.2, 0.25) is 0 Å². The Morgan fingerprint density at radius 3 is 2.62 bits per heavy atom. The van der Waals surface area contributed by atoms with Crippen LogP contribution >= 0.6 is 15.9 Å². The van der Waals surface area contributed by atoms with Crippen LogP contribution in [0, 0.1) is 12.7 Å². The lowest BCUT2D eigenvalue weighted by atomic mass is 9.96. The Bertz CT molecular complexity index is 630. The van der Waals surface area contributed by atoms with Crippen molar-refractivity contribution >= 4 is 15.9 Å². The molecule has 0 aliphatic heterocycles. The van der Waals surface area contributed by atoms with E-state index in [-0.39, 0.29) is 11.9 Å². The molecule has 1 N–H and O–H groups in total. The van der Waals surface area contributed by atoms with Gasteiger partial charge in [-0.15, -0.1) is 0 Å². The molecule has 21 heavy (non-hydrogen) atoms. The second-order valence-electron chi connectivity index (χ2n) is 4.86. The van der Waals surface area contributed by atoms with Gasteiger partial charge in [0.25, 0.3) is 0 Å². The molecular weight excluding hydrogens is 333 g/mol. The van der Waals surface area contributed by atoms with Gasteiger partial charge in [-0.25, -0.2) is 4.39 Å². The zero-order chi connectivity index (χ0) is 15.4. The maximum absolute atomic E-state index is 13.6. The third-order valence-corrected chi connectivity index (χ3v) is 4.06. The Morgan fingerprint density at radius 1 is 1.19 bits per heavy atom. The second kappa shape index (κ2) is 7.05. The van der Waals surface area contributed by atoms with Crippen molar-refractivity contribution < 1.29 is 9.13 Å². The lowest BCUT2D eigenvalue weighted by molar-refractivity contribution is 0.334. The van der Waals surface area contributed by atoms with Crippen LogP contribution in [-0.4, -0.2) is 13.7 Å². The molecule has 0 fully saturated rings. The predicted molar refractivity (Wildman–Crippen MR) is 87.4 cm³/mol. The first-order valence-corrected chi connectivity index (χ1v) is 7.71. The van der Waals surface area contributed by atoms with Crippen LogP contribution in [0.2, 0.25) is 0 Å². The van der Waals surface area contributed by atoms with Crippen LogP contribution < -0.4 is 10.1 Å². The molecule has 0 aliphatic carbocycles. The summed E-state index contributed by atoms with van der Waals surface area (Å²) in [6.45, 7) is 4.58. The van der Waals surface area contributed by atoms with Crippen LogP contribution in [0.1, 0.15) is 29.7 Å². The molecule has 0 amide bonds. The third kappa shape index (κ3) is 3.63. The first-order chi connectivity index (χ1) is 10.1. The fourth-order valence-electron chi connectivity index (χ4n) is 2.39. The Labute approximate surface area is 133 Å². The summed E-state index contributed by atoms with van der Waals surface area (Å²) in [5.41, 5.74) is 3.00. The molecule has 1 unspecified atom stereocenters. The first kappa shape index (κ1) is 16.0. The van der Waals surface area contributed by atoms with Gasteiger partial charge in [-0.05, 0) is 50.7 Å². The summed E-state index contributed by atoms with van der Waals surface area (Å²) in [6, 6.07) is 10.6. The number of nitrogens with one attached hydrogen (secondary N) is 1. The van der Waals surface area contributed by atoms with Crippen molar-refractivity contribution in [2.24, 2.45) is 0 Å². The van der Waals surface area contributed by atoms with Gasteiger partial charge in [-0.2, -0.15) is 0 Å². The molecule has 0 aromatic heterocycles. The number of benzene rings is 2. The molecule has 1 atom stereocenters. The quantitative estimate of drug-likeness (QED) is 0.849. The second-order valence-corrected chi connectivity index (χ2v) is 5.72. The van der Waals surface area contributed by atoms with Crippen molar-refractivity contribution in [1.82, 2.24) is 5.32 Å². The van der Waals surface area contributed by atoms with Gasteiger partial charge < -0.3 is 10.1 Å². The van der Waals surface area contributed by atoms with Crippen LogP contribution in [-0.2, 0) is 0 Å². The molecule has 0 aliphatic rings. The van der Waals surface area contributed by atoms with E-state index in [4.69, 9.17) is 4.74 Å². The average molecular weight is 352 g/mol. The summed E-state index contributed by atoms with van der Waals surface area (Å²) < 4.78 is 20.2. The summed E-state index contributed by atoms with van der Waals surface area (Å²) >= 11 is 3.50. The molecule has 2 aromatic carbocycles. The standard InChI is InChI=1S/C17H19BrFNO/c1-4-21-16-8-5-11(2)9-14(16)17(20-3)13-10-12(19)6-7-15(13)18/h5-10,17,20H,4H2,1-3H3. The van der Waals surface area contributed by atoms with Gasteiger partial charge in [-0.3, -0.25) is 0 Å². The minimum Gasteiger partial charge on any atom is -0.494 e. The predicted octanol–water partition coefficient (Wildman–Crippen LogP) is 4.60. The maximum Gasteiger partial charge on any atom is 0.124 e. The number of halogens is 2. The van der Waals surface area contributed by atoms with Crippen molar-refractivity contribution in [3.63, 3.8) is 0 Å². The van der Waals surface area contributed by atoms with Crippen molar-refractivity contribution in [1.29, 1.82) is 0 Å². The molecule has 2 aromatic rings. The monoisotopic (exact) mass is 351 g/mol. The van der Waals surface area contributed by atoms with Crippen LogP contribution in [0.3, 0.4) is 0 Å². The van der Waals surface area contributed by atoms with Gasteiger partial charge in [-0.1, -0.05) is 33.6 Å². The Morgan fingerprint density at radius 2 is 1.95 bits per heavy atom. The molecule has 2 rings (SSSR count). The van der Waals surface area contributed by atoms with Crippen LogP contribution in [0.5, 0.6) is 5.75 Å². The van der Waals surface area contributed by atoms with E-state index in [1.807, 2.05) is 33.0 Å². The minimum absolute atomic E-state index is 0.142. The van der Waals surface area contributed by atoms with E-state index in [0.717, 1.165) is 26.9 Å². The number of ether oxygens (including phenoxy) is 1. The molecule has 0 bridgehead atoms. The van der Waals surface area contributed by atoms with Crippen molar-refractivity contribution in [3.8, 4) is 5.75 Å². The highest BCUT2D eigenvalue weighted by atomic mass is 79.9. The Balaban J connectivity index is 2.55. The highest BCUT2D eigenvalue weighted by Gasteiger charge is 2.20. The van der Waals surface area contributed by atoms with Crippen molar-refractivity contribution in [2.75, 3.05) is 13.7 Å². The summed E-state index contributed by atoms with van der Waals surface area (Å²) in [5, 5.41) is 3.25. The molecule has 112 valence electrons.